The first kappa shape index (κ1) is 17.9. The molecule has 0 radical (unpaired) electrons. The maximum Gasteiger partial charge on any atom is 0.305 e. The van der Waals surface area contributed by atoms with Gasteiger partial charge in [-0.3, -0.25) is 4.79 Å². The second kappa shape index (κ2) is 9.02. The Morgan fingerprint density at radius 3 is 2.73 bits per heavy atom. The van der Waals surface area contributed by atoms with Gasteiger partial charge in [0.2, 0.25) is 6.54 Å². The summed E-state index contributed by atoms with van der Waals surface area (Å²) in [6.07, 6.45) is 5.15. The molecule has 1 aromatic carbocycles. The van der Waals surface area contributed by atoms with E-state index in [0.717, 1.165) is 5.56 Å². The first-order valence-electron chi connectivity index (χ1n) is 6.28. The minimum atomic E-state index is -0.206. The lowest BCUT2D eigenvalue weighted by atomic mass is 10.2. The smallest absolute Gasteiger partial charge is 0.305 e. The van der Waals surface area contributed by atoms with Crippen LogP contribution in [0.25, 0.3) is 0 Å². The quantitative estimate of drug-likeness (QED) is 0.422. The number of hydrogen-bond acceptors (Lipinski definition) is 3. The Bertz CT molecular complexity index is 648. The fourth-order valence-electron chi connectivity index (χ4n) is 1.68. The monoisotopic (exact) mass is 339 g/mol. The summed E-state index contributed by atoms with van der Waals surface area (Å²) in [5, 5.41) is 4.39. The molecule has 0 unspecified atom stereocenters. The van der Waals surface area contributed by atoms with E-state index in [2.05, 4.69) is 10.5 Å². The van der Waals surface area contributed by atoms with Crippen molar-refractivity contribution in [1.29, 1.82) is 0 Å². The summed E-state index contributed by atoms with van der Waals surface area (Å²) < 4.78 is 6.82. The van der Waals surface area contributed by atoms with E-state index in [1.54, 1.807) is 29.9 Å². The average molecular weight is 340 g/mol. The summed E-state index contributed by atoms with van der Waals surface area (Å²) in [4.78, 5) is 11.7. The first-order chi connectivity index (χ1) is 10.2. The van der Waals surface area contributed by atoms with Gasteiger partial charge in [0, 0.05) is 12.1 Å². The fourth-order valence-corrected chi connectivity index (χ4v) is 1.95. The van der Waals surface area contributed by atoms with E-state index < -0.39 is 0 Å². The van der Waals surface area contributed by atoms with Gasteiger partial charge in [-0.25, -0.2) is 5.43 Å². The van der Waals surface area contributed by atoms with Crippen molar-refractivity contribution in [3.8, 4) is 5.75 Å². The molecule has 0 aliphatic rings. The molecule has 22 heavy (non-hydrogen) atoms. The SMILES string of the molecule is COc1ccc(/C=N\NC(=O)C[n+]2ccccc2)cc1Cl.[Cl-]. The molecule has 1 amide bonds. The first-order valence-corrected chi connectivity index (χ1v) is 6.66. The fraction of sp³-hybridized carbons (Fsp3) is 0.133. The molecule has 7 heteroatoms. The van der Waals surface area contributed by atoms with Gasteiger partial charge in [0.15, 0.2) is 12.4 Å². The summed E-state index contributed by atoms with van der Waals surface area (Å²) >= 11 is 6.00. The molecule has 0 spiro atoms. The number of aromatic nitrogens is 1. The number of methoxy groups -OCH3 is 1. The van der Waals surface area contributed by atoms with Crippen molar-refractivity contribution >= 4 is 23.7 Å². The lowest BCUT2D eigenvalue weighted by molar-refractivity contribution is -0.684. The van der Waals surface area contributed by atoms with Crippen molar-refractivity contribution in [2.24, 2.45) is 5.10 Å². The van der Waals surface area contributed by atoms with Crippen LogP contribution < -0.4 is 27.1 Å². The third kappa shape index (κ3) is 5.35. The van der Waals surface area contributed by atoms with Crippen molar-refractivity contribution in [3.05, 3.63) is 59.4 Å². The Kier molecular flexibility index (Phi) is 7.36. The normalized spacial score (nSPS) is 10.1. The number of halogens is 2. The molecule has 0 saturated carbocycles. The van der Waals surface area contributed by atoms with Gasteiger partial charge in [-0.05, 0) is 23.8 Å². The zero-order chi connectivity index (χ0) is 15.1. The predicted molar refractivity (Wildman–Crippen MR) is 80.4 cm³/mol. The maximum atomic E-state index is 11.7. The van der Waals surface area contributed by atoms with Crippen LogP contribution in [0.1, 0.15) is 5.56 Å². The summed E-state index contributed by atoms with van der Waals surface area (Å²) in [5.74, 6) is 0.389. The van der Waals surface area contributed by atoms with Crippen LogP contribution in [0.2, 0.25) is 5.02 Å². The number of nitrogens with one attached hydrogen (secondary N) is 1. The maximum absolute atomic E-state index is 11.7. The second-order valence-electron chi connectivity index (χ2n) is 4.23. The molecule has 0 aliphatic carbocycles. The summed E-state index contributed by atoms with van der Waals surface area (Å²) in [7, 11) is 1.55. The van der Waals surface area contributed by atoms with E-state index in [9.17, 15) is 4.79 Å². The molecular weight excluding hydrogens is 325 g/mol. The van der Waals surface area contributed by atoms with Crippen molar-refractivity contribution in [2.75, 3.05) is 7.11 Å². The predicted octanol–water partition coefficient (Wildman–Crippen LogP) is -1.21. The Labute approximate surface area is 140 Å². The van der Waals surface area contributed by atoms with E-state index in [4.69, 9.17) is 16.3 Å². The van der Waals surface area contributed by atoms with E-state index in [1.165, 1.54) is 6.21 Å². The van der Waals surface area contributed by atoms with Crippen molar-refractivity contribution in [1.82, 2.24) is 5.43 Å². The summed E-state index contributed by atoms with van der Waals surface area (Å²) in [6.45, 7) is 0.210. The Morgan fingerprint density at radius 1 is 1.36 bits per heavy atom. The molecule has 0 atom stereocenters. The van der Waals surface area contributed by atoms with E-state index in [1.807, 2.05) is 30.6 Å². The minimum Gasteiger partial charge on any atom is -1.00 e. The minimum absolute atomic E-state index is 0. The molecule has 1 aromatic heterocycles. The van der Waals surface area contributed by atoms with Crippen molar-refractivity contribution in [3.63, 3.8) is 0 Å². The highest BCUT2D eigenvalue weighted by molar-refractivity contribution is 6.32. The highest BCUT2D eigenvalue weighted by atomic mass is 35.5. The Balaban J connectivity index is 0.00000242. The van der Waals surface area contributed by atoms with Crippen LogP contribution in [0.15, 0.2) is 53.9 Å². The molecule has 0 bridgehead atoms. The molecule has 2 aromatic rings. The Hall–Kier alpha value is -2.11. The molecule has 2 rings (SSSR count). The van der Waals surface area contributed by atoms with Crippen LogP contribution in [-0.2, 0) is 11.3 Å². The zero-order valence-corrected chi connectivity index (χ0v) is 13.4. The third-order valence-corrected chi connectivity index (χ3v) is 2.98. The van der Waals surface area contributed by atoms with Crippen LogP contribution in [0.5, 0.6) is 5.75 Å². The topological polar surface area (TPSA) is 54.6 Å². The summed E-state index contributed by atoms with van der Waals surface area (Å²) in [5.41, 5.74) is 3.23. The average Bonchev–Trinajstić information content (AvgIpc) is 2.48. The third-order valence-electron chi connectivity index (χ3n) is 2.68. The number of pyridine rings is 1. The number of benzene rings is 1. The second-order valence-corrected chi connectivity index (χ2v) is 4.64. The van der Waals surface area contributed by atoms with E-state index >= 15 is 0 Å². The number of rotatable bonds is 5. The number of carbonyl (C=O) groups is 1. The lowest BCUT2D eigenvalue weighted by Crippen LogP contribution is -3.00. The van der Waals surface area contributed by atoms with Gasteiger partial charge in [-0.2, -0.15) is 9.67 Å². The zero-order valence-electron chi connectivity index (χ0n) is 11.9. The molecule has 0 aliphatic heterocycles. The number of carbonyl (C=O) groups excluding carboxylic acids is 1. The highest BCUT2D eigenvalue weighted by Crippen LogP contribution is 2.24. The molecule has 1 N–H and O–H groups in total. The number of nitrogens with zero attached hydrogens (tertiary/aromatic N) is 2. The molecule has 1 heterocycles. The van der Waals surface area contributed by atoms with Crippen LogP contribution in [0.3, 0.4) is 0 Å². The van der Waals surface area contributed by atoms with E-state index in [-0.39, 0.29) is 24.9 Å². The molecule has 116 valence electrons. The lowest BCUT2D eigenvalue weighted by Gasteiger charge is -2.02. The van der Waals surface area contributed by atoms with Crippen molar-refractivity contribution in [2.45, 2.75) is 6.54 Å². The molecule has 0 fully saturated rings. The number of amides is 1. The highest BCUT2D eigenvalue weighted by Gasteiger charge is 2.06. The van der Waals surface area contributed by atoms with Crippen LogP contribution in [-0.4, -0.2) is 19.2 Å². The summed E-state index contributed by atoms with van der Waals surface area (Å²) in [6, 6.07) is 10.9. The van der Waals surface area contributed by atoms with Gasteiger partial charge < -0.3 is 17.1 Å². The van der Waals surface area contributed by atoms with Crippen LogP contribution >= 0.6 is 11.6 Å². The largest absolute Gasteiger partial charge is 1.00 e. The van der Waals surface area contributed by atoms with Gasteiger partial charge in [-0.15, -0.1) is 0 Å². The van der Waals surface area contributed by atoms with E-state index in [0.29, 0.717) is 10.8 Å². The van der Waals surface area contributed by atoms with Crippen LogP contribution in [0.4, 0.5) is 0 Å². The number of hydrogen-bond donors (Lipinski definition) is 1. The standard InChI is InChI=1S/C15H14ClN3O2.ClH/c1-21-14-6-5-12(9-13(14)16)10-17-18-15(20)11-19-7-3-2-4-8-19;/h2-10H,11H2,1H3;1H/b17-10-;. The van der Waals surface area contributed by atoms with Gasteiger partial charge in [0.25, 0.3) is 0 Å². The van der Waals surface area contributed by atoms with Crippen molar-refractivity contribution < 1.29 is 26.5 Å². The van der Waals surface area contributed by atoms with Gasteiger partial charge in [-0.1, -0.05) is 17.7 Å². The van der Waals surface area contributed by atoms with Gasteiger partial charge >= 0.3 is 5.91 Å². The van der Waals surface area contributed by atoms with Crippen LogP contribution in [0, 0.1) is 0 Å². The number of ether oxygens (including phenoxy) is 1. The van der Waals surface area contributed by atoms with Gasteiger partial charge in [0.05, 0.1) is 18.3 Å². The number of hydrazone groups is 1. The molecular formula is C15H15Cl2N3O2. The van der Waals surface area contributed by atoms with Gasteiger partial charge in [0.1, 0.15) is 5.75 Å². The molecule has 5 nitrogen and oxygen atoms in total. The Morgan fingerprint density at radius 2 is 2.09 bits per heavy atom. The molecule has 0 saturated heterocycles.